The third-order valence-electron chi connectivity index (χ3n) is 4.11. The molecule has 0 saturated carbocycles. The normalized spacial score (nSPS) is 10.2. The fourth-order valence-electron chi connectivity index (χ4n) is 2.64. The van der Waals surface area contributed by atoms with Crippen molar-refractivity contribution in [3.63, 3.8) is 0 Å². The second kappa shape index (κ2) is 10.0. The molecule has 0 aromatic heterocycles. The van der Waals surface area contributed by atoms with E-state index < -0.39 is 39.6 Å². The predicted molar refractivity (Wildman–Crippen MR) is 108 cm³/mol. The average molecular weight is 433 g/mol. The summed E-state index contributed by atoms with van der Waals surface area (Å²) in [4.78, 5) is 45.5. The molecule has 164 valence electrons. The molecule has 0 spiro atoms. The van der Waals surface area contributed by atoms with Gasteiger partial charge in [0.2, 0.25) is 0 Å². The summed E-state index contributed by atoms with van der Waals surface area (Å²) in [5.41, 5.74) is -0.801. The average Bonchev–Trinajstić information content (AvgIpc) is 2.73. The minimum Gasteiger partial charge on any atom is -0.493 e. The zero-order chi connectivity index (χ0) is 23.1. The predicted octanol–water partition coefficient (Wildman–Crippen LogP) is 3.01. The fraction of sp³-hybridized carbons (Fsp3) is 0.263. The van der Waals surface area contributed by atoms with Gasteiger partial charge in [0, 0.05) is 12.1 Å². The van der Waals surface area contributed by atoms with Crippen LogP contribution in [0.3, 0.4) is 0 Å². The Kier molecular flexibility index (Phi) is 7.44. The molecule has 0 atom stereocenters. The molecule has 12 heteroatoms. The number of hydrogen-bond acceptors (Lipinski definition) is 9. The second-order valence-electron chi connectivity index (χ2n) is 6.04. The number of nitro benzene ring substituents is 2. The Bertz CT molecular complexity index is 1040. The molecule has 0 aliphatic heterocycles. The van der Waals surface area contributed by atoms with E-state index in [1.165, 1.54) is 32.2 Å². The first-order chi connectivity index (χ1) is 14.7. The lowest BCUT2D eigenvalue weighted by Crippen LogP contribution is -2.22. The molecule has 2 rings (SSSR count). The number of rotatable bonds is 9. The van der Waals surface area contributed by atoms with Crippen LogP contribution in [0.1, 0.15) is 22.8 Å². The summed E-state index contributed by atoms with van der Waals surface area (Å²) in [7, 11) is 1.29. The molecule has 0 bridgehead atoms. The van der Waals surface area contributed by atoms with Gasteiger partial charge in [-0.25, -0.2) is 4.79 Å². The molecule has 0 aliphatic rings. The van der Waals surface area contributed by atoms with Crippen LogP contribution in [0.15, 0.2) is 30.3 Å². The molecule has 1 N–H and O–H groups in total. The Hall–Kier alpha value is -4.22. The van der Waals surface area contributed by atoms with Crippen LogP contribution in [0.5, 0.6) is 11.5 Å². The first kappa shape index (κ1) is 23.1. The van der Waals surface area contributed by atoms with E-state index in [1.807, 2.05) is 0 Å². The highest BCUT2D eigenvalue weighted by atomic mass is 16.6. The molecule has 0 saturated heterocycles. The van der Waals surface area contributed by atoms with Gasteiger partial charge in [-0.3, -0.25) is 25.0 Å². The summed E-state index contributed by atoms with van der Waals surface area (Å²) in [5.74, 6) is -1.75. The zero-order valence-corrected chi connectivity index (χ0v) is 16.9. The van der Waals surface area contributed by atoms with E-state index in [1.54, 1.807) is 6.92 Å². The van der Waals surface area contributed by atoms with Crippen molar-refractivity contribution < 1.29 is 33.6 Å². The highest BCUT2D eigenvalue weighted by Gasteiger charge is 2.26. The van der Waals surface area contributed by atoms with Crippen LogP contribution >= 0.6 is 0 Å². The highest BCUT2D eigenvalue weighted by Crippen LogP contribution is 2.35. The van der Waals surface area contributed by atoms with Crippen LogP contribution in [-0.4, -0.2) is 42.0 Å². The SMILES string of the molecule is CCOc1cc(C(=O)OCC(=O)Nc2cccc([N+](=O)[O-])c2C)c([N+](=O)[O-])cc1OC. The van der Waals surface area contributed by atoms with Crippen LogP contribution in [0, 0.1) is 27.2 Å². The molecule has 0 unspecified atom stereocenters. The topological polar surface area (TPSA) is 160 Å². The number of esters is 1. The Morgan fingerprint density at radius 1 is 1.06 bits per heavy atom. The molecule has 0 fully saturated rings. The van der Waals surface area contributed by atoms with Crippen LogP contribution in [0.4, 0.5) is 17.1 Å². The van der Waals surface area contributed by atoms with E-state index in [0.717, 1.165) is 12.1 Å². The summed E-state index contributed by atoms with van der Waals surface area (Å²) in [6.45, 7) is 2.58. The lowest BCUT2D eigenvalue weighted by atomic mass is 10.1. The van der Waals surface area contributed by atoms with Crippen LogP contribution < -0.4 is 14.8 Å². The Morgan fingerprint density at radius 2 is 1.74 bits per heavy atom. The van der Waals surface area contributed by atoms with Gasteiger partial charge in [0.05, 0.1) is 40.9 Å². The first-order valence-corrected chi connectivity index (χ1v) is 8.89. The number of methoxy groups -OCH3 is 1. The van der Waals surface area contributed by atoms with Crippen molar-refractivity contribution in [3.8, 4) is 11.5 Å². The Labute approximate surface area is 176 Å². The van der Waals surface area contributed by atoms with Gasteiger partial charge in [0.25, 0.3) is 17.3 Å². The molecule has 0 radical (unpaired) electrons. The number of hydrogen-bond donors (Lipinski definition) is 1. The maximum absolute atomic E-state index is 12.4. The number of amides is 1. The van der Waals surface area contributed by atoms with Crippen LogP contribution in [-0.2, 0) is 9.53 Å². The van der Waals surface area contributed by atoms with E-state index in [4.69, 9.17) is 14.2 Å². The summed E-state index contributed by atoms with van der Waals surface area (Å²) in [6, 6.07) is 6.25. The van der Waals surface area contributed by atoms with Gasteiger partial charge >= 0.3 is 5.97 Å². The van der Waals surface area contributed by atoms with E-state index in [2.05, 4.69) is 5.32 Å². The van der Waals surface area contributed by atoms with Crippen molar-refractivity contribution in [2.75, 3.05) is 25.6 Å². The third kappa shape index (κ3) is 5.44. The largest absolute Gasteiger partial charge is 0.493 e. The van der Waals surface area contributed by atoms with Gasteiger partial charge in [0.15, 0.2) is 18.1 Å². The number of carbonyl (C=O) groups excluding carboxylic acids is 2. The standard InChI is InChI=1S/C19H19N3O9/c1-4-30-17-8-12(15(22(27)28)9-16(17)29-3)19(24)31-10-18(23)20-13-6-5-7-14(11(13)2)21(25)26/h5-9H,4,10H2,1-3H3,(H,20,23). The molecule has 2 aromatic rings. The highest BCUT2D eigenvalue weighted by molar-refractivity contribution is 5.98. The number of carbonyl (C=O) groups is 2. The van der Waals surface area contributed by atoms with Gasteiger partial charge in [-0.1, -0.05) is 6.07 Å². The minimum atomic E-state index is -1.12. The Balaban J connectivity index is 2.18. The molecule has 31 heavy (non-hydrogen) atoms. The maximum Gasteiger partial charge on any atom is 0.345 e. The number of nitro groups is 2. The van der Waals surface area contributed by atoms with Gasteiger partial charge in [0.1, 0.15) is 5.56 Å². The van der Waals surface area contributed by atoms with E-state index in [-0.39, 0.29) is 35.0 Å². The zero-order valence-electron chi connectivity index (χ0n) is 16.9. The molecule has 0 aliphatic carbocycles. The molecule has 12 nitrogen and oxygen atoms in total. The molecular weight excluding hydrogens is 414 g/mol. The monoisotopic (exact) mass is 433 g/mol. The molecule has 0 heterocycles. The second-order valence-corrected chi connectivity index (χ2v) is 6.04. The van der Waals surface area contributed by atoms with Crippen molar-refractivity contribution in [1.82, 2.24) is 0 Å². The molecular formula is C19H19N3O9. The lowest BCUT2D eigenvalue weighted by Gasteiger charge is -2.12. The van der Waals surface area contributed by atoms with E-state index in [0.29, 0.717) is 0 Å². The summed E-state index contributed by atoms with van der Waals surface area (Å²) >= 11 is 0. The van der Waals surface area contributed by atoms with Crippen LogP contribution in [0.2, 0.25) is 0 Å². The van der Waals surface area contributed by atoms with Gasteiger partial charge in [-0.05, 0) is 19.9 Å². The fourth-order valence-corrected chi connectivity index (χ4v) is 2.64. The van der Waals surface area contributed by atoms with E-state index in [9.17, 15) is 29.8 Å². The van der Waals surface area contributed by atoms with Crippen molar-refractivity contribution in [1.29, 1.82) is 0 Å². The van der Waals surface area contributed by atoms with Gasteiger partial charge in [-0.15, -0.1) is 0 Å². The third-order valence-corrected chi connectivity index (χ3v) is 4.11. The summed E-state index contributed by atoms with van der Waals surface area (Å²) < 4.78 is 15.2. The Morgan fingerprint density at radius 3 is 2.32 bits per heavy atom. The smallest absolute Gasteiger partial charge is 0.345 e. The molecule has 2 aromatic carbocycles. The number of ether oxygens (including phenoxy) is 3. The number of anilines is 1. The van der Waals surface area contributed by atoms with Gasteiger partial charge in [-0.2, -0.15) is 0 Å². The summed E-state index contributed by atoms with van der Waals surface area (Å²) in [5, 5.41) is 24.7. The van der Waals surface area contributed by atoms with E-state index >= 15 is 0 Å². The van der Waals surface area contributed by atoms with Crippen molar-refractivity contribution in [2.24, 2.45) is 0 Å². The van der Waals surface area contributed by atoms with Crippen molar-refractivity contribution >= 4 is 28.9 Å². The number of nitrogens with one attached hydrogen (secondary N) is 1. The van der Waals surface area contributed by atoms with Crippen LogP contribution in [0.25, 0.3) is 0 Å². The quantitative estimate of drug-likeness (QED) is 0.356. The van der Waals surface area contributed by atoms with Crippen molar-refractivity contribution in [2.45, 2.75) is 13.8 Å². The number of benzene rings is 2. The van der Waals surface area contributed by atoms with Gasteiger partial charge < -0.3 is 19.5 Å². The van der Waals surface area contributed by atoms with Crippen molar-refractivity contribution in [3.05, 3.63) is 61.7 Å². The summed E-state index contributed by atoms with van der Waals surface area (Å²) in [6.07, 6.45) is 0. The first-order valence-electron chi connectivity index (χ1n) is 8.89. The maximum atomic E-state index is 12.4. The lowest BCUT2D eigenvalue weighted by molar-refractivity contribution is -0.385. The molecule has 1 amide bonds. The number of nitrogens with zero attached hydrogens (tertiary/aromatic N) is 2. The minimum absolute atomic E-state index is 0.0593.